The highest BCUT2D eigenvalue weighted by Crippen LogP contribution is 2.41. The lowest BCUT2D eigenvalue weighted by Crippen LogP contribution is -2.13. The molecule has 0 saturated carbocycles. The predicted octanol–water partition coefficient (Wildman–Crippen LogP) is 4.14. The minimum absolute atomic E-state index is 0.192. The molecule has 2 aromatic rings. The summed E-state index contributed by atoms with van der Waals surface area (Å²) in [4.78, 5) is 1.18. The first-order valence-electron chi connectivity index (χ1n) is 6.36. The van der Waals surface area contributed by atoms with Crippen molar-refractivity contribution in [3.8, 4) is 11.5 Å². The lowest BCUT2D eigenvalue weighted by atomic mass is 10.0. The number of rotatable bonds is 5. The molecule has 2 rings (SSSR count). The van der Waals surface area contributed by atoms with E-state index in [1.807, 2.05) is 12.1 Å². The van der Waals surface area contributed by atoms with Crippen LogP contribution in [0.5, 0.6) is 11.5 Å². The zero-order valence-corrected chi connectivity index (χ0v) is 14.2. The first-order chi connectivity index (χ1) is 9.63. The Balaban J connectivity index is 2.49. The molecule has 1 aromatic heterocycles. The highest BCUT2D eigenvalue weighted by atomic mass is 79.9. The summed E-state index contributed by atoms with van der Waals surface area (Å²) in [6.45, 7) is 2.14. The summed E-state index contributed by atoms with van der Waals surface area (Å²) in [6, 6.07) is 5.81. The third kappa shape index (κ3) is 2.71. The second-order valence-electron chi connectivity index (χ2n) is 4.35. The molecule has 0 bridgehead atoms. The fraction of sp³-hybridized carbons (Fsp3) is 0.333. The quantitative estimate of drug-likeness (QED) is 0.876. The summed E-state index contributed by atoms with van der Waals surface area (Å²) in [5.74, 6) is 1.46. The lowest BCUT2D eigenvalue weighted by molar-refractivity contribution is 0.385. The van der Waals surface area contributed by atoms with Gasteiger partial charge in [0.25, 0.3) is 0 Å². The molecule has 5 heteroatoms. The van der Waals surface area contributed by atoms with Crippen molar-refractivity contribution in [2.75, 3.05) is 14.2 Å². The molecule has 0 aliphatic rings. The molecule has 0 saturated heterocycles. The van der Waals surface area contributed by atoms with Crippen LogP contribution >= 0.6 is 27.3 Å². The van der Waals surface area contributed by atoms with Gasteiger partial charge in [0.05, 0.1) is 20.3 Å². The van der Waals surface area contributed by atoms with E-state index in [9.17, 15) is 0 Å². The maximum atomic E-state index is 6.44. The lowest BCUT2D eigenvalue weighted by Gasteiger charge is -2.18. The Bertz CT molecular complexity index is 598. The summed E-state index contributed by atoms with van der Waals surface area (Å²) < 4.78 is 11.6. The van der Waals surface area contributed by atoms with Gasteiger partial charge in [-0.15, -0.1) is 11.3 Å². The highest BCUT2D eigenvalue weighted by Gasteiger charge is 2.21. The largest absolute Gasteiger partial charge is 0.495 e. The zero-order valence-electron chi connectivity index (χ0n) is 11.8. The third-order valence-electron chi connectivity index (χ3n) is 3.30. The maximum absolute atomic E-state index is 6.44. The summed E-state index contributed by atoms with van der Waals surface area (Å²) in [5.41, 5.74) is 8.69. The van der Waals surface area contributed by atoms with Crippen LogP contribution in [0.3, 0.4) is 0 Å². The first kappa shape index (κ1) is 15.4. The minimum Gasteiger partial charge on any atom is -0.495 e. The van der Waals surface area contributed by atoms with Gasteiger partial charge in [-0.2, -0.15) is 0 Å². The van der Waals surface area contributed by atoms with Crippen molar-refractivity contribution in [3.63, 3.8) is 0 Å². The van der Waals surface area contributed by atoms with Crippen molar-refractivity contribution in [3.05, 3.63) is 44.1 Å². The number of ether oxygens (including phenoxy) is 2. The Labute approximate surface area is 131 Å². The number of nitrogens with two attached hydrogens (primary N) is 1. The van der Waals surface area contributed by atoms with E-state index in [0.717, 1.165) is 28.0 Å². The summed E-state index contributed by atoms with van der Waals surface area (Å²) in [5, 5.41) is 2.08. The number of methoxy groups -OCH3 is 2. The Kier molecular flexibility index (Phi) is 5.07. The van der Waals surface area contributed by atoms with Gasteiger partial charge in [0, 0.05) is 10.4 Å². The van der Waals surface area contributed by atoms with Crippen LogP contribution in [-0.2, 0) is 6.42 Å². The number of aryl methyl sites for hydroxylation is 1. The number of thiophene rings is 1. The van der Waals surface area contributed by atoms with Gasteiger partial charge in [-0.1, -0.05) is 6.92 Å². The smallest absolute Gasteiger partial charge is 0.141 e. The van der Waals surface area contributed by atoms with Crippen molar-refractivity contribution < 1.29 is 9.47 Å². The van der Waals surface area contributed by atoms with E-state index in [0.29, 0.717) is 0 Å². The van der Waals surface area contributed by atoms with E-state index in [1.165, 1.54) is 10.4 Å². The van der Waals surface area contributed by atoms with Crippen LogP contribution in [0, 0.1) is 0 Å². The normalized spacial score (nSPS) is 12.2. The predicted molar refractivity (Wildman–Crippen MR) is 87.0 cm³/mol. The number of hydrogen-bond acceptors (Lipinski definition) is 4. The molecule has 2 N–H and O–H groups in total. The average molecular weight is 356 g/mol. The van der Waals surface area contributed by atoms with Crippen LogP contribution in [-0.4, -0.2) is 14.2 Å². The molecule has 0 aliphatic heterocycles. The van der Waals surface area contributed by atoms with E-state index in [1.54, 1.807) is 25.6 Å². The Morgan fingerprint density at radius 2 is 2.00 bits per heavy atom. The Hall–Kier alpha value is -1.04. The van der Waals surface area contributed by atoms with Crippen molar-refractivity contribution in [1.29, 1.82) is 0 Å². The number of halogens is 1. The van der Waals surface area contributed by atoms with Gasteiger partial charge in [0.1, 0.15) is 16.0 Å². The molecule has 0 fully saturated rings. The Morgan fingerprint density at radius 1 is 1.25 bits per heavy atom. The molecule has 1 unspecified atom stereocenters. The van der Waals surface area contributed by atoms with Crippen molar-refractivity contribution >= 4 is 27.3 Å². The van der Waals surface area contributed by atoms with E-state index in [4.69, 9.17) is 15.2 Å². The van der Waals surface area contributed by atoms with Crippen LogP contribution in [0.2, 0.25) is 0 Å². The SMILES string of the molecule is CCc1ccsc1C(N)c1ccc(OC)c(Br)c1OC. The van der Waals surface area contributed by atoms with Gasteiger partial charge in [-0.25, -0.2) is 0 Å². The fourth-order valence-electron chi connectivity index (χ4n) is 2.22. The molecular formula is C15H18BrNO2S. The molecule has 1 atom stereocenters. The summed E-state index contributed by atoms with van der Waals surface area (Å²) in [7, 11) is 3.28. The van der Waals surface area contributed by atoms with Crippen LogP contribution in [0.1, 0.15) is 29.0 Å². The molecule has 0 aliphatic carbocycles. The Morgan fingerprint density at radius 3 is 2.60 bits per heavy atom. The van der Waals surface area contributed by atoms with E-state index < -0.39 is 0 Å². The highest BCUT2D eigenvalue weighted by molar-refractivity contribution is 9.10. The van der Waals surface area contributed by atoms with Gasteiger partial charge in [-0.05, 0) is 51.5 Å². The molecule has 1 aromatic carbocycles. The summed E-state index contributed by atoms with van der Waals surface area (Å²) in [6.07, 6.45) is 0.978. The van der Waals surface area contributed by atoms with Gasteiger partial charge < -0.3 is 15.2 Å². The summed E-state index contributed by atoms with van der Waals surface area (Å²) >= 11 is 5.20. The van der Waals surface area contributed by atoms with Gasteiger partial charge >= 0.3 is 0 Å². The van der Waals surface area contributed by atoms with Gasteiger partial charge in [0.2, 0.25) is 0 Å². The van der Waals surface area contributed by atoms with Crippen molar-refractivity contribution in [2.45, 2.75) is 19.4 Å². The third-order valence-corrected chi connectivity index (χ3v) is 5.09. The second-order valence-corrected chi connectivity index (χ2v) is 6.09. The van der Waals surface area contributed by atoms with Crippen LogP contribution < -0.4 is 15.2 Å². The first-order valence-corrected chi connectivity index (χ1v) is 8.03. The maximum Gasteiger partial charge on any atom is 0.141 e. The van der Waals surface area contributed by atoms with Gasteiger partial charge in [0.15, 0.2) is 0 Å². The van der Waals surface area contributed by atoms with Crippen LogP contribution in [0.25, 0.3) is 0 Å². The number of benzene rings is 1. The second kappa shape index (κ2) is 6.61. The number of hydrogen-bond donors (Lipinski definition) is 1. The molecule has 0 amide bonds. The standard InChI is InChI=1S/C15H18BrNO2S/c1-4-9-7-8-20-15(9)13(17)10-5-6-11(18-2)12(16)14(10)19-3/h5-8,13H,4,17H2,1-3H3. The molecule has 1 heterocycles. The fourth-order valence-corrected chi connectivity index (χ4v) is 3.92. The van der Waals surface area contributed by atoms with E-state index >= 15 is 0 Å². The molecular weight excluding hydrogens is 338 g/mol. The monoisotopic (exact) mass is 355 g/mol. The van der Waals surface area contributed by atoms with E-state index in [2.05, 4.69) is 34.3 Å². The van der Waals surface area contributed by atoms with Gasteiger partial charge in [-0.3, -0.25) is 0 Å². The molecule has 3 nitrogen and oxygen atoms in total. The molecule has 20 heavy (non-hydrogen) atoms. The minimum atomic E-state index is -0.192. The topological polar surface area (TPSA) is 44.5 Å². The average Bonchev–Trinajstić information content (AvgIpc) is 2.94. The van der Waals surface area contributed by atoms with E-state index in [-0.39, 0.29) is 6.04 Å². The van der Waals surface area contributed by atoms with Crippen molar-refractivity contribution in [1.82, 2.24) is 0 Å². The molecule has 0 spiro atoms. The van der Waals surface area contributed by atoms with Crippen LogP contribution in [0.4, 0.5) is 0 Å². The van der Waals surface area contributed by atoms with Crippen LogP contribution in [0.15, 0.2) is 28.1 Å². The molecule has 108 valence electrons. The van der Waals surface area contributed by atoms with Crippen molar-refractivity contribution in [2.24, 2.45) is 5.73 Å². The zero-order chi connectivity index (χ0) is 14.7. The molecule has 0 radical (unpaired) electrons.